The minimum atomic E-state index is -0.178. The average molecular weight is 285 g/mol. The Bertz CT molecular complexity index is 622. The van der Waals surface area contributed by atoms with Crippen molar-refractivity contribution in [3.63, 3.8) is 0 Å². The van der Waals surface area contributed by atoms with Crippen LogP contribution < -0.4 is 4.90 Å². The fourth-order valence-corrected chi connectivity index (χ4v) is 3.51. The zero-order chi connectivity index (χ0) is 15.1. The summed E-state index contributed by atoms with van der Waals surface area (Å²) in [6, 6.07) is 6.78. The summed E-state index contributed by atoms with van der Waals surface area (Å²) in [7, 11) is 0. The van der Waals surface area contributed by atoms with Crippen molar-refractivity contribution in [2.24, 2.45) is 17.8 Å². The van der Waals surface area contributed by atoms with Gasteiger partial charge in [0.1, 0.15) is 0 Å². The van der Waals surface area contributed by atoms with Crippen LogP contribution in [0.25, 0.3) is 0 Å². The van der Waals surface area contributed by atoms with Gasteiger partial charge in [0.15, 0.2) is 5.78 Å². The first-order chi connectivity index (χ1) is 9.99. The number of imide groups is 1. The summed E-state index contributed by atoms with van der Waals surface area (Å²) in [5, 5.41) is 0. The number of anilines is 1. The molecule has 1 aromatic rings. The first kappa shape index (κ1) is 14.0. The van der Waals surface area contributed by atoms with Gasteiger partial charge in [-0.25, -0.2) is 0 Å². The van der Waals surface area contributed by atoms with Crippen LogP contribution >= 0.6 is 0 Å². The largest absolute Gasteiger partial charge is 0.295 e. The fourth-order valence-electron chi connectivity index (χ4n) is 3.51. The summed E-state index contributed by atoms with van der Waals surface area (Å²) < 4.78 is 0. The highest BCUT2D eigenvalue weighted by atomic mass is 16.2. The van der Waals surface area contributed by atoms with Gasteiger partial charge in [0.05, 0.1) is 17.5 Å². The van der Waals surface area contributed by atoms with Crippen LogP contribution in [0.3, 0.4) is 0 Å². The standard InChI is InChI=1S/C17H19NO3/c1-10-6-7-14-15(8-10)17(21)18(16(14)20)13-5-3-4-12(9-13)11(2)19/h3-5,9-10,14-15H,6-8H2,1-2H3/t10-,14-,15+/m1/s1. The molecular weight excluding hydrogens is 266 g/mol. The van der Waals surface area contributed by atoms with Crippen LogP contribution in [0.15, 0.2) is 24.3 Å². The fraction of sp³-hybridized carbons (Fsp3) is 0.471. The molecular formula is C17H19NO3. The van der Waals surface area contributed by atoms with E-state index in [-0.39, 0.29) is 29.4 Å². The molecule has 2 fully saturated rings. The SMILES string of the molecule is CC(=O)c1cccc(N2C(=O)[C@H]3C[C@H](C)CC[C@H]3C2=O)c1. The van der Waals surface area contributed by atoms with Crippen molar-refractivity contribution in [3.05, 3.63) is 29.8 Å². The van der Waals surface area contributed by atoms with Crippen LogP contribution in [0.2, 0.25) is 0 Å². The van der Waals surface area contributed by atoms with Crippen LogP contribution in [0, 0.1) is 17.8 Å². The van der Waals surface area contributed by atoms with Gasteiger partial charge < -0.3 is 0 Å². The van der Waals surface area contributed by atoms with E-state index in [1.165, 1.54) is 11.8 Å². The lowest BCUT2D eigenvalue weighted by Gasteiger charge is -2.25. The maximum Gasteiger partial charge on any atom is 0.237 e. The van der Waals surface area contributed by atoms with Crippen molar-refractivity contribution in [1.82, 2.24) is 0 Å². The van der Waals surface area contributed by atoms with E-state index in [0.29, 0.717) is 17.2 Å². The first-order valence-corrected chi connectivity index (χ1v) is 7.48. The monoisotopic (exact) mass is 285 g/mol. The number of amides is 2. The van der Waals surface area contributed by atoms with Gasteiger partial charge in [0.25, 0.3) is 0 Å². The second-order valence-corrected chi connectivity index (χ2v) is 6.25. The molecule has 110 valence electrons. The van der Waals surface area contributed by atoms with E-state index in [9.17, 15) is 14.4 Å². The van der Waals surface area contributed by atoms with Crippen molar-refractivity contribution in [2.75, 3.05) is 4.90 Å². The predicted octanol–water partition coefficient (Wildman–Crippen LogP) is 2.81. The van der Waals surface area contributed by atoms with Crippen molar-refractivity contribution in [3.8, 4) is 0 Å². The molecule has 0 radical (unpaired) electrons. The van der Waals surface area contributed by atoms with Gasteiger partial charge in [-0.1, -0.05) is 19.1 Å². The zero-order valence-electron chi connectivity index (χ0n) is 12.3. The highest BCUT2D eigenvalue weighted by molar-refractivity contribution is 6.22. The number of hydrogen-bond acceptors (Lipinski definition) is 3. The second kappa shape index (κ2) is 5.10. The average Bonchev–Trinajstić information content (AvgIpc) is 2.70. The Hall–Kier alpha value is -1.97. The predicted molar refractivity (Wildman–Crippen MR) is 78.9 cm³/mol. The van der Waals surface area contributed by atoms with Crippen LogP contribution in [0.1, 0.15) is 43.5 Å². The van der Waals surface area contributed by atoms with Gasteiger partial charge in [-0.3, -0.25) is 19.3 Å². The van der Waals surface area contributed by atoms with Crippen molar-refractivity contribution >= 4 is 23.3 Å². The van der Waals surface area contributed by atoms with E-state index in [2.05, 4.69) is 6.92 Å². The van der Waals surface area contributed by atoms with Crippen molar-refractivity contribution in [1.29, 1.82) is 0 Å². The lowest BCUT2D eigenvalue weighted by molar-refractivity contribution is -0.122. The summed E-state index contributed by atoms with van der Waals surface area (Å²) in [4.78, 5) is 37.9. The second-order valence-electron chi connectivity index (χ2n) is 6.25. The number of carbonyl (C=O) groups is 3. The molecule has 1 aliphatic heterocycles. The summed E-state index contributed by atoms with van der Waals surface area (Å²) in [5.74, 6) is -0.125. The van der Waals surface area contributed by atoms with Gasteiger partial charge >= 0.3 is 0 Å². The lowest BCUT2D eigenvalue weighted by atomic mass is 9.76. The lowest BCUT2D eigenvalue weighted by Crippen LogP contribution is -2.31. The molecule has 0 spiro atoms. The summed E-state index contributed by atoms with van der Waals surface area (Å²) in [6.45, 7) is 3.61. The number of benzene rings is 1. The molecule has 0 bridgehead atoms. The molecule has 1 aromatic carbocycles. The summed E-state index contributed by atoms with van der Waals surface area (Å²) in [6.07, 6.45) is 2.58. The molecule has 4 heteroatoms. The minimum Gasteiger partial charge on any atom is -0.295 e. The van der Waals surface area contributed by atoms with E-state index in [1.54, 1.807) is 24.3 Å². The number of hydrogen-bond donors (Lipinski definition) is 0. The smallest absolute Gasteiger partial charge is 0.237 e. The third-order valence-electron chi connectivity index (χ3n) is 4.70. The number of carbonyl (C=O) groups excluding carboxylic acids is 3. The van der Waals surface area contributed by atoms with E-state index in [4.69, 9.17) is 0 Å². The van der Waals surface area contributed by atoms with Crippen molar-refractivity contribution < 1.29 is 14.4 Å². The normalized spacial score (nSPS) is 28.7. The molecule has 0 unspecified atom stereocenters. The van der Waals surface area contributed by atoms with E-state index in [1.807, 2.05) is 0 Å². The molecule has 1 saturated carbocycles. The van der Waals surface area contributed by atoms with Crippen LogP contribution in [0.4, 0.5) is 5.69 Å². The Morgan fingerprint density at radius 2 is 1.86 bits per heavy atom. The quantitative estimate of drug-likeness (QED) is 0.620. The minimum absolute atomic E-state index is 0.0676. The molecule has 2 amide bonds. The molecule has 2 aliphatic rings. The highest BCUT2D eigenvalue weighted by Gasteiger charge is 2.49. The molecule has 21 heavy (non-hydrogen) atoms. The van der Waals surface area contributed by atoms with Gasteiger partial charge in [0, 0.05) is 5.56 Å². The van der Waals surface area contributed by atoms with E-state index in [0.717, 1.165) is 19.3 Å². The number of nitrogens with zero attached hydrogens (tertiary/aromatic N) is 1. The summed E-state index contributed by atoms with van der Waals surface area (Å²) >= 11 is 0. The third kappa shape index (κ3) is 2.28. The van der Waals surface area contributed by atoms with Crippen LogP contribution in [-0.4, -0.2) is 17.6 Å². The van der Waals surface area contributed by atoms with Gasteiger partial charge in [-0.15, -0.1) is 0 Å². The number of Topliss-reactive ketones (excluding diaryl/α,β-unsaturated/α-hetero) is 1. The molecule has 1 heterocycles. The molecule has 0 aromatic heterocycles. The van der Waals surface area contributed by atoms with Gasteiger partial charge in [-0.05, 0) is 44.2 Å². The molecule has 3 atom stereocenters. The molecule has 4 nitrogen and oxygen atoms in total. The maximum absolute atomic E-state index is 12.6. The Balaban J connectivity index is 1.95. The number of fused-ring (bicyclic) bond motifs is 1. The topological polar surface area (TPSA) is 54.5 Å². The molecule has 1 saturated heterocycles. The third-order valence-corrected chi connectivity index (χ3v) is 4.70. The van der Waals surface area contributed by atoms with Gasteiger partial charge in [-0.2, -0.15) is 0 Å². The Kier molecular flexibility index (Phi) is 3.40. The number of rotatable bonds is 2. The summed E-state index contributed by atoms with van der Waals surface area (Å²) in [5.41, 5.74) is 1.05. The Morgan fingerprint density at radius 1 is 1.14 bits per heavy atom. The van der Waals surface area contributed by atoms with E-state index < -0.39 is 0 Å². The zero-order valence-corrected chi connectivity index (χ0v) is 12.3. The molecule has 0 N–H and O–H groups in total. The Morgan fingerprint density at radius 3 is 2.57 bits per heavy atom. The Labute approximate surface area is 124 Å². The number of ketones is 1. The van der Waals surface area contributed by atoms with Crippen LogP contribution in [-0.2, 0) is 9.59 Å². The van der Waals surface area contributed by atoms with Gasteiger partial charge in [0.2, 0.25) is 11.8 Å². The van der Waals surface area contributed by atoms with E-state index >= 15 is 0 Å². The highest BCUT2D eigenvalue weighted by Crippen LogP contribution is 2.42. The van der Waals surface area contributed by atoms with Crippen LogP contribution in [0.5, 0.6) is 0 Å². The first-order valence-electron chi connectivity index (χ1n) is 7.48. The molecule has 3 rings (SSSR count). The van der Waals surface area contributed by atoms with Crippen molar-refractivity contribution in [2.45, 2.75) is 33.1 Å². The maximum atomic E-state index is 12.6. The molecule has 1 aliphatic carbocycles.